The van der Waals surface area contributed by atoms with Gasteiger partial charge in [-0.1, -0.05) is 12.1 Å². The summed E-state index contributed by atoms with van der Waals surface area (Å²) in [5, 5.41) is 0.101. The summed E-state index contributed by atoms with van der Waals surface area (Å²) in [7, 11) is -3.98. The van der Waals surface area contributed by atoms with Gasteiger partial charge in [-0.3, -0.25) is 4.72 Å². The molecule has 3 aromatic rings. The number of benzene rings is 2. The second-order valence-corrected chi connectivity index (χ2v) is 8.37. The molecule has 0 saturated heterocycles. The third kappa shape index (κ3) is 4.05. The maximum atomic E-state index is 13.6. The number of rotatable bonds is 5. The van der Waals surface area contributed by atoms with E-state index in [2.05, 4.69) is 9.71 Å². The number of hydrogen-bond donors (Lipinski definition) is 1. The van der Waals surface area contributed by atoms with Crippen LogP contribution in [0.25, 0.3) is 0 Å². The predicted octanol–water partition coefficient (Wildman–Crippen LogP) is 4.26. The van der Waals surface area contributed by atoms with Gasteiger partial charge >= 0.3 is 0 Å². The van der Waals surface area contributed by atoms with Crippen molar-refractivity contribution in [3.63, 3.8) is 0 Å². The average molecular weight is 398 g/mol. The van der Waals surface area contributed by atoms with Gasteiger partial charge in [0, 0.05) is 17.5 Å². The maximum Gasteiger partial charge on any atom is 0.263 e. The third-order valence-corrected chi connectivity index (χ3v) is 5.97. The Hall–Kier alpha value is -2.39. The number of sulfonamides is 1. The van der Waals surface area contributed by atoms with E-state index < -0.39 is 27.5 Å². The van der Waals surface area contributed by atoms with Crippen LogP contribution in [0.15, 0.2) is 47.5 Å². The minimum Gasteiger partial charge on any atom is -0.255 e. The van der Waals surface area contributed by atoms with Crippen LogP contribution >= 0.6 is 11.3 Å². The first-order valence-corrected chi connectivity index (χ1v) is 9.72. The molecule has 0 atom stereocenters. The van der Waals surface area contributed by atoms with Crippen LogP contribution in [0.5, 0.6) is 0 Å². The molecule has 0 saturated carbocycles. The predicted molar refractivity (Wildman–Crippen MR) is 93.2 cm³/mol. The second kappa shape index (κ2) is 7.08. The van der Waals surface area contributed by atoms with Crippen molar-refractivity contribution in [3.8, 4) is 0 Å². The number of anilines is 1. The van der Waals surface area contributed by atoms with E-state index in [0.717, 1.165) is 29.5 Å². The van der Waals surface area contributed by atoms with Crippen LogP contribution < -0.4 is 4.72 Å². The highest BCUT2D eigenvalue weighted by Crippen LogP contribution is 2.25. The maximum absolute atomic E-state index is 13.6. The first-order chi connectivity index (χ1) is 12.2. The lowest BCUT2D eigenvalue weighted by atomic mass is 10.1. The van der Waals surface area contributed by atoms with Crippen LogP contribution in [-0.2, 0) is 16.4 Å². The van der Waals surface area contributed by atoms with E-state index in [4.69, 9.17) is 0 Å². The van der Waals surface area contributed by atoms with Crippen LogP contribution in [0.1, 0.15) is 16.0 Å². The van der Waals surface area contributed by atoms with Gasteiger partial charge in [-0.15, -0.1) is 11.3 Å². The number of nitrogens with one attached hydrogen (secondary N) is 1. The van der Waals surface area contributed by atoms with Gasteiger partial charge < -0.3 is 0 Å². The fourth-order valence-corrected chi connectivity index (χ4v) is 4.30. The Bertz CT molecular complexity index is 1070. The van der Waals surface area contributed by atoms with Crippen molar-refractivity contribution in [2.75, 3.05) is 4.72 Å². The molecule has 0 aliphatic heterocycles. The lowest BCUT2D eigenvalue weighted by molar-refractivity contribution is 0.507. The Morgan fingerprint density at radius 2 is 1.81 bits per heavy atom. The summed E-state index contributed by atoms with van der Waals surface area (Å²) in [5.74, 6) is -2.50. The van der Waals surface area contributed by atoms with Crippen molar-refractivity contribution in [2.24, 2.45) is 0 Å². The average Bonchev–Trinajstić information content (AvgIpc) is 2.99. The molecule has 1 heterocycles. The molecule has 0 unspecified atom stereocenters. The largest absolute Gasteiger partial charge is 0.263 e. The fraction of sp³-hybridized carbons (Fsp3) is 0.118. The molecule has 0 bridgehead atoms. The van der Waals surface area contributed by atoms with Crippen LogP contribution in [0.3, 0.4) is 0 Å². The molecule has 1 N–H and O–H groups in total. The van der Waals surface area contributed by atoms with Gasteiger partial charge in [0.15, 0.2) is 16.8 Å². The van der Waals surface area contributed by atoms with Crippen LogP contribution in [-0.4, -0.2) is 13.4 Å². The highest BCUT2D eigenvalue weighted by molar-refractivity contribution is 7.93. The number of aromatic nitrogens is 1. The van der Waals surface area contributed by atoms with Crippen LogP contribution in [0.2, 0.25) is 0 Å². The van der Waals surface area contributed by atoms with E-state index in [1.165, 1.54) is 31.3 Å². The smallest absolute Gasteiger partial charge is 0.255 e. The quantitative estimate of drug-likeness (QED) is 0.699. The van der Waals surface area contributed by atoms with Crippen molar-refractivity contribution in [1.82, 2.24) is 4.98 Å². The molecule has 0 spiro atoms. The summed E-state index contributed by atoms with van der Waals surface area (Å²) in [5.41, 5.74) is 0.870. The first kappa shape index (κ1) is 18.4. The van der Waals surface area contributed by atoms with E-state index in [-0.39, 0.29) is 16.4 Å². The molecule has 0 aliphatic rings. The van der Waals surface area contributed by atoms with Gasteiger partial charge in [-0.05, 0) is 42.3 Å². The van der Waals surface area contributed by atoms with E-state index in [1.54, 1.807) is 0 Å². The summed E-state index contributed by atoms with van der Waals surface area (Å²) >= 11 is 1.06. The molecule has 9 heteroatoms. The number of thiazole rings is 1. The van der Waals surface area contributed by atoms with Gasteiger partial charge in [-0.25, -0.2) is 26.6 Å². The van der Waals surface area contributed by atoms with Gasteiger partial charge in [0.2, 0.25) is 0 Å². The summed E-state index contributed by atoms with van der Waals surface area (Å²) in [4.78, 5) is 4.42. The lowest BCUT2D eigenvalue weighted by Crippen LogP contribution is -2.13. The Morgan fingerprint density at radius 3 is 2.50 bits per heavy atom. The van der Waals surface area contributed by atoms with Crippen molar-refractivity contribution in [1.29, 1.82) is 0 Å². The molecule has 0 fully saturated rings. The highest BCUT2D eigenvalue weighted by Gasteiger charge is 2.18. The summed E-state index contributed by atoms with van der Waals surface area (Å²) in [6.07, 6.45) is 1.72. The Kier molecular flexibility index (Phi) is 5.01. The number of halogens is 3. The van der Waals surface area contributed by atoms with Gasteiger partial charge in [0.1, 0.15) is 5.82 Å². The monoisotopic (exact) mass is 398 g/mol. The van der Waals surface area contributed by atoms with Gasteiger partial charge in [0.05, 0.1) is 4.90 Å². The molecule has 1 aromatic heterocycles. The molecule has 0 amide bonds. The molecule has 26 heavy (non-hydrogen) atoms. The highest BCUT2D eigenvalue weighted by atomic mass is 32.2. The molecular formula is C17H13F3N2O2S2. The normalized spacial score (nSPS) is 11.5. The fourth-order valence-electron chi connectivity index (χ4n) is 2.20. The lowest BCUT2D eigenvalue weighted by Gasteiger charge is -2.06. The van der Waals surface area contributed by atoms with E-state index in [1.807, 2.05) is 0 Å². The number of hydrogen-bond acceptors (Lipinski definition) is 4. The summed E-state index contributed by atoms with van der Waals surface area (Å²) in [6.45, 7) is 1.53. The van der Waals surface area contributed by atoms with Gasteiger partial charge in [-0.2, -0.15) is 0 Å². The second-order valence-electron chi connectivity index (χ2n) is 5.57. The number of nitrogens with zero attached hydrogens (tertiary/aromatic N) is 1. The van der Waals surface area contributed by atoms with Crippen molar-refractivity contribution in [2.45, 2.75) is 18.2 Å². The van der Waals surface area contributed by atoms with E-state index >= 15 is 0 Å². The molecule has 0 radical (unpaired) electrons. The van der Waals surface area contributed by atoms with Crippen molar-refractivity contribution >= 4 is 26.5 Å². The Labute approximate surface area is 152 Å². The standard InChI is InChI=1S/C17H13F3N2O2S2/c1-10-2-4-13(8-15(10)19)26(23,24)22-17-21-9-12(25-17)6-11-3-5-14(18)16(20)7-11/h2-5,7-9H,6H2,1H3,(H,21,22). The molecular weight excluding hydrogens is 385 g/mol. The molecule has 3 rings (SSSR count). The molecule has 136 valence electrons. The van der Waals surface area contributed by atoms with E-state index in [0.29, 0.717) is 16.0 Å². The SMILES string of the molecule is Cc1ccc(S(=O)(=O)Nc2ncc(Cc3ccc(F)c(F)c3)s2)cc1F. The number of aryl methyl sites for hydroxylation is 1. The minimum absolute atomic E-state index is 0.101. The molecule has 4 nitrogen and oxygen atoms in total. The van der Waals surface area contributed by atoms with Gasteiger partial charge in [0.25, 0.3) is 10.0 Å². The summed E-state index contributed by atoms with van der Waals surface area (Å²) < 4.78 is 66.7. The Balaban J connectivity index is 1.76. The zero-order chi connectivity index (χ0) is 18.9. The van der Waals surface area contributed by atoms with E-state index in [9.17, 15) is 21.6 Å². The van der Waals surface area contributed by atoms with Crippen LogP contribution in [0.4, 0.5) is 18.3 Å². The minimum atomic E-state index is -3.98. The van der Waals surface area contributed by atoms with Crippen molar-refractivity contribution < 1.29 is 21.6 Å². The zero-order valence-corrected chi connectivity index (χ0v) is 15.1. The Morgan fingerprint density at radius 1 is 1.04 bits per heavy atom. The van der Waals surface area contributed by atoms with Crippen LogP contribution in [0, 0.1) is 24.4 Å². The molecule has 0 aliphatic carbocycles. The zero-order valence-electron chi connectivity index (χ0n) is 13.5. The molecule has 2 aromatic carbocycles. The van der Waals surface area contributed by atoms with Crippen molar-refractivity contribution in [3.05, 3.63) is 76.1 Å². The first-order valence-electron chi connectivity index (χ1n) is 7.42. The third-order valence-electron chi connectivity index (χ3n) is 3.59. The summed E-state index contributed by atoms with van der Waals surface area (Å²) in [6, 6.07) is 7.16. The topological polar surface area (TPSA) is 59.1 Å².